The van der Waals surface area contributed by atoms with Crippen molar-refractivity contribution in [1.29, 1.82) is 0 Å². The lowest BCUT2D eigenvalue weighted by molar-refractivity contribution is 0.100. The van der Waals surface area contributed by atoms with E-state index in [1.54, 1.807) is 6.20 Å². The number of aromatic amines is 1. The minimum absolute atomic E-state index is 0.251. The van der Waals surface area contributed by atoms with Crippen molar-refractivity contribution in [1.82, 2.24) is 9.97 Å². The Morgan fingerprint density at radius 2 is 2.00 bits per heavy atom. The third kappa shape index (κ3) is 1.08. The summed E-state index contributed by atoms with van der Waals surface area (Å²) in [6.45, 7) is 0. The number of rotatable bonds is 1. The molecule has 0 radical (unpaired) electrons. The van der Waals surface area contributed by atoms with Gasteiger partial charge in [0.2, 0.25) is 0 Å². The average Bonchev–Trinajstić information content (AvgIpc) is 3.02. The summed E-state index contributed by atoms with van der Waals surface area (Å²) in [4.78, 5) is 7.25. The SMILES string of the molecule is c1c[nH]c(B2OC3[C@H]4CCC(C4)[C@H]3O2)n1. The monoisotopic (exact) mass is 204 g/mol. The largest absolute Gasteiger partial charge is 0.532 e. The molecule has 2 heterocycles. The molecule has 0 spiro atoms. The number of nitrogens with zero attached hydrogens (tertiary/aromatic N) is 1. The second kappa shape index (κ2) is 2.86. The van der Waals surface area contributed by atoms with Crippen molar-refractivity contribution in [2.75, 3.05) is 0 Å². The van der Waals surface area contributed by atoms with Crippen molar-refractivity contribution in [2.45, 2.75) is 31.5 Å². The van der Waals surface area contributed by atoms with Gasteiger partial charge in [0.25, 0.3) is 0 Å². The van der Waals surface area contributed by atoms with Gasteiger partial charge < -0.3 is 14.3 Å². The fraction of sp³-hybridized carbons (Fsp3) is 0.700. The number of fused-ring (bicyclic) bond motifs is 5. The number of hydrogen-bond donors (Lipinski definition) is 1. The molecule has 1 aromatic heterocycles. The van der Waals surface area contributed by atoms with Gasteiger partial charge in [-0.25, -0.2) is 4.98 Å². The van der Waals surface area contributed by atoms with Crippen LogP contribution in [0.1, 0.15) is 19.3 Å². The Labute approximate surface area is 88.5 Å². The Balaban J connectivity index is 1.60. The molecule has 3 fully saturated rings. The maximum absolute atomic E-state index is 5.95. The van der Waals surface area contributed by atoms with Crippen LogP contribution < -0.4 is 5.72 Å². The molecule has 1 aromatic rings. The predicted molar refractivity (Wildman–Crippen MR) is 54.6 cm³/mol. The quantitative estimate of drug-likeness (QED) is 0.670. The molecule has 2 bridgehead atoms. The van der Waals surface area contributed by atoms with E-state index in [-0.39, 0.29) is 7.12 Å². The number of aromatic nitrogens is 2. The van der Waals surface area contributed by atoms with Crippen LogP contribution in [0.5, 0.6) is 0 Å². The van der Waals surface area contributed by atoms with Crippen molar-refractivity contribution < 1.29 is 9.31 Å². The summed E-state index contributed by atoms with van der Waals surface area (Å²) in [6, 6.07) is 0. The third-order valence-corrected chi connectivity index (χ3v) is 4.07. The van der Waals surface area contributed by atoms with Gasteiger partial charge in [0.15, 0.2) is 0 Å². The third-order valence-electron chi connectivity index (χ3n) is 4.07. The van der Waals surface area contributed by atoms with Gasteiger partial charge in [0.1, 0.15) is 5.72 Å². The molecule has 0 aromatic carbocycles. The molecule has 5 heteroatoms. The molecule has 0 amide bonds. The summed E-state index contributed by atoms with van der Waals surface area (Å²) in [5.41, 5.74) is 0.809. The van der Waals surface area contributed by atoms with Crippen LogP contribution in [0.4, 0.5) is 0 Å². The zero-order valence-corrected chi connectivity index (χ0v) is 8.43. The molecule has 2 aliphatic carbocycles. The van der Waals surface area contributed by atoms with Gasteiger partial charge in [-0.3, -0.25) is 0 Å². The van der Waals surface area contributed by atoms with Crippen molar-refractivity contribution in [2.24, 2.45) is 11.8 Å². The molecule has 1 N–H and O–H groups in total. The predicted octanol–water partition coefficient (Wildman–Crippen LogP) is 0.319. The number of H-pyrrole nitrogens is 1. The van der Waals surface area contributed by atoms with Gasteiger partial charge in [-0.1, -0.05) is 0 Å². The lowest BCUT2D eigenvalue weighted by Crippen LogP contribution is -2.36. The topological polar surface area (TPSA) is 47.1 Å². The average molecular weight is 204 g/mol. The Bertz CT molecular complexity index is 352. The van der Waals surface area contributed by atoms with Crippen LogP contribution >= 0.6 is 0 Å². The molecule has 3 aliphatic rings. The second-order valence-corrected chi connectivity index (χ2v) is 4.84. The molecule has 4 nitrogen and oxygen atoms in total. The fourth-order valence-electron chi connectivity index (χ4n) is 3.42. The van der Waals surface area contributed by atoms with Crippen LogP contribution in [0.3, 0.4) is 0 Å². The first-order valence-electron chi connectivity index (χ1n) is 5.72. The van der Waals surface area contributed by atoms with E-state index in [4.69, 9.17) is 9.31 Å². The van der Waals surface area contributed by atoms with E-state index in [0.717, 1.165) is 17.6 Å². The van der Waals surface area contributed by atoms with Crippen molar-refractivity contribution >= 4 is 12.8 Å². The van der Waals surface area contributed by atoms with Crippen LogP contribution in [0.25, 0.3) is 0 Å². The van der Waals surface area contributed by atoms with Crippen molar-refractivity contribution in [3.05, 3.63) is 12.4 Å². The highest BCUT2D eigenvalue weighted by Crippen LogP contribution is 2.50. The lowest BCUT2D eigenvalue weighted by atomic mass is 9.89. The first-order valence-corrected chi connectivity index (χ1v) is 5.72. The standard InChI is InChI=1S/C10H13BN2O2/c1-2-7-5-6(1)8-9(7)15-11(14-8)10-12-3-4-13-10/h3-4,6-9H,1-2,5H2,(H,12,13)/t6-,7?,8?,9+/m0/s1. The smallest absolute Gasteiger partial charge is 0.400 e. The molecule has 4 atom stereocenters. The molecular weight excluding hydrogens is 191 g/mol. The molecule has 4 rings (SSSR count). The van der Waals surface area contributed by atoms with Gasteiger partial charge in [0.05, 0.1) is 12.2 Å². The summed E-state index contributed by atoms with van der Waals surface area (Å²) in [5, 5.41) is 0. The van der Waals surface area contributed by atoms with E-state index < -0.39 is 0 Å². The van der Waals surface area contributed by atoms with Crippen LogP contribution in [-0.4, -0.2) is 29.3 Å². The summed E-state index contributed by atoms with van der Waals surface area (Å²) in [7, 11) is -0.251. The molecule has 2 unspecified atom stereocenters. The first kappa shape index (κ1) is 8.36. The maximum Gasteiger partial charge on any atom is 0.532 e. The van der Waals surface area contributed by atoms with Gasteiger partial charge in [-0.05, 0) is 31.1 Å². The van der Waals surface area contributed by atoms with Crippen LogP contribution in [-0.2, 0) is 9.31 Å². The highest BCUT2D eigenvalue weighted by atomic mass is 16.7. The van der Waals surface area contributed by atoms with Gasteiger partial charge in [-0.15, -0.1) is 0 Å². The van der Waals surface area contributed by atoms with Crippen molar-refractivity contribution in [3.8, 4) is 0 Å². The van der Waals surface area contributed by atoms with E-state index >= 15 is 0 Å². The van der Waals surface area contributed by atoms with E-state index in [2.05, 4.69) is 9.97 Å². The number of nitrogens with one attached hydrogen (secondary N) is 1. The summed E-state index contributed by atoms with van der Waals surface area (Å²) < 4.78 is 11.9. The van der Waals surface area contributed by atoms with Gasteiger partial charge in [-0.2, -0.15) is 0 Å². The Kier molecular flexibility index (Phi) is 1.59. The zero-order chi connectivity index (χ0) is 9.83. The first-order chi connectivity index (χ1) is 7.42. The van der Waals surface area contributed by atoms with E-state index in [0.29, 0.717) is 12.2 Å². The Morgan fingerprint density at radius 3 is 2.60 bits per heavy atom. The lowest BCUT2D eigenvalue weighted by Gasteiger charge is -2.22. The van der Waals surface area contributed by atoms with E-state index in [1.807, 2.05) is 6.20 Å². The summed E-state index contributed by atoms with van der Waals surface area (Å²) in [6.07, 6.45) is 8.16. The number of hydrogen-bond acceptors (Lipinski definition) is 3. The summed E-state index contributed by atoms with van der Waals surface area (Å²) in [5.74, 6) is 1.47. The summed E-state index contributed by atoms with van der Waals surface area (Å²) >= 11 is 0. The molecule has 1 aliphatic heterocycles. The highest BCUT2D eigenvalue weighted by molar-refractivity contribution is 6.60. The van der Waals surface area contributed by atoms with E-state index in [9.17, 15) is 0 Å². The normalized spacial score (nSPS) is 42.5. The van der Waals surface area contributed by atoms with Crippen LogP contribution in [0, 0.1) is 11.8 Å². The highest BCUT2D eigenvalue weighted by Gasteiger charge is 2.56. The molecule has 1 saturated heterocycles. The zero-order valence-electron chi connectivity index (χ0n) is 8.43. The minimum Gasteiger partial charge on any atom is -0.400 e. The fourth-order valence-corrected chi connectivity index (χ4v) is 3.42. The van der Waals surface area contributed by atoms with Crippen molar-refractivity contribution in [3.63, 3.8) is 0 Å². The van der Waals surface area contributed by atoms with Gasteiger partial charge >= 0.3 is 7.12 Å². The van der Waals surface area contributed by atoms with Crippen LogP contribution in [0.2, 0.25) is 0 Å². The Morgan fingerprint density at radius 1 is 1.27 bits per heavy atom. The molecule has 15 heavy (non-hydrogen) atoms. The van der Waals surface area contributed by atoms with Crippen LogP contribution in [0.15, 0.2) is 12.4 Å². The minimum atomic E-state index is -0.251. The molecular formula is C10H13BN2O2. The van der Waals surface area contributed by atoms with E-state index in [1.165, 1.54) is 19.3 Å². The molecule has 78 valence electrons. The second-order valence-electron chi connectivity index (χ2n) is 4.84. The maximum atomic E-state index is 5.95. The number of imidazole rings is 1. The Hall–Kier alpha value is -0.805. The molecule has 2 saturated carbocycles. The van der Waals surface area contributed by atoms with Gasteiger partial charge in [0, 0.05) is 12.4 Å².